The minimum atomic E-state index is -0.506. The number of aliphatic hydroxyl groups is 1. The van der Waals surface area contributed by atoms with Gasteiger partial charge in [0.25, 0.3) is 0 Å². The van der Waals surface area contributed by atoms with E-state index in [1.165, 1.54) is 5.56 Å². The molecule has 1 saturated carbocycles. The summed E-state index contributed by atoms with van der Waals surface area (Å²) in [6.07, 6.45) is 4.12. The van der Waals surface area contributed by atoms with Crippen molar-refractivity contribution in [1.82, 2.24) is 10.2 Å². The maximum Gasteiger partial charge on any atom is 0.119 e. The average molecular weight is 306 g/mol. The van der Waals surface area contributed by atoms with E-state index >= 15 is 0 Å². The van der Waals surface area contributed by atoms with Gasteiger partial charge in [0.15, 0.2) is 0 Å². The molecule has 2 N–H and O–H groups in total. The van der Waals surface area contributed by atoms with Gasteiger partial charge in [-0.1, -0.05) is 25.0 Å². The van der Waals surface area contributed by atoms with Crippen molar-refractivity contribution in [1.29, 1.82) is 0 Å². The lowest BCUT2D eigenvalue weighted by Crippen LogP contribution is -2.39. The van der Waals surface area contributed by atoms with Gasteiger partial charge in [-0.15, -0.1) is 0 Å². The smallest absolute Gasteiger partial charge is 0.119 e. The van der Waals surface area contributed by atoms with Gasteiger partial charge in [-0.3, -0.25) is 0 Å². The molecule has 0 heterocycles. The summed E-state index contributed by atoms with van der Waals surface area (Å²) in [4.78, 5) is 2.11. The fraction of sp³-hybridized carbons (Fsp3) is 0.667. The highest BCUT2D eigenvalue weighted by Crippen LogP contribution is 2.29. The van der Waals surface area contributed by atoms with Gasteiger partial charge < -0.3 is 20.1 Å². The second kappa shape index (κ2) is 7.95. The zero-order valence-corrected chi connectivity index (χ0v) is 14.1. The van der Waals surface area contributed by atoms with Gasteiger partial charge in [-0.2, -0.15) is 0 Å². The Morgan fingerprint density at radius 2 is 2.05 bits per heavy atom. The number of rotatable bonds is 8. The molecule has 1 aliphatic carbocycles. The van der Waals surface area contributed by atoms with Gasteiger partial charge in [0, 0.05) is 19.1 Å². The van der Waals surface area contributed by atoms with E-state index in [0.717, 1.165) is 38.0 Å². The Balaban J connectivity index is 1.85. The molecule has 1 aliphatic rings. The Bertz CT molecular complexity index is 456. The van der Waals surface area contributed by atoms with Crippen molar-refractivity contribution in [3.05, 3.63) is 29.8 Å². The Morgan fingerprint density at radius 3 is 2.73 bits per heavy atom. The van der Waals surface area contributed by atoms with Crippen LogP contribution < -0.4 is 10.1 Å². The Hall–Kier alpha value is -1.10. The summed E-state index contributed by atoms with van der Waals surface area (Å²) in [7, 11) is 4.08. The molecule has 1 unspecified atom stereocenters. The van der Waals surface area contributed by atoms with Gasteiger partial charge in [-0.05, 0) is 51.6 Å². The zero-order valence-electron chi connectivity index (χ0n) is 14.1. The quantitative estimate of drug-likeness (QED) is 0.775. The molecular weight excluding hydrogens is 276 g/mol. The molecule has 4 nitrogen and oxygen atoms in total. The Kier molecular flexibility index (Phi) is 6.24. The lowest BCUT2D eigenvalue weighted by atomic mass is 10.0. The Morgan fingerprint density at radius 1 is 1.32 bits per heavy atom. The summed E-state index contributed by atoms with van der Waals surface area (Å²) in [6.45, 7) is 4.40. The minimum absolute atomic E-state index is 0.210. The van der Waals surface area contributed by atoms with E-state index in [0.29, 0.717) is 13.2 Å². The molecule has 4 heteroatoms. The fourth-order valence-corrected chi connectivity index (χ4v) is 2.89. The van der Waals surface area contributed by atoms with Crippen molar-refractivity contribution < 1.29 is 9.84 Å². The first-order valence-corrected chi connectivity index (χ1v) is 8.32. The summed E-state index contributed by atoms with van der Waals surface area (Å²) < 4.78 is 5.79. The molecule has 1 atom stereocenters. The predicted octanol–water partition coefficient (Wildman–Crippen LogP) is 2.58. The number of hydrogen-bond donors (Lipinski definition) is 2. The van der Waals surface area contributed by atoms with Crippen molar-refractivity contribution >= 4 is 0 Å². The molecule has 1 fully saturated rings. The summed E-state index contributed by atoms with van der Waals surface area (Å²) >= 11 is 0. The third-order valence-corrected chi connectivity index (χ3v) is 4.44. The van der Waals surface area contributed by atoms with Crippen LogP contribution in [0.1, 0.15) is 44.2 Å². The third-order valence-electron chi connectivity index (χ3n) is 4.44. The highest BCUT2D eigenvalue weighted by atomic mass is 16.5. The van der Waals surface area contributed by atoms with Crippen molar-refractivity contribution in [3.63, 3.8) is 0 Å². The molecule has 0 spiro atoms. The number of benzene rings is 1. The van der Waals surface area contributed by atoms with Crippen LogP contribution in [0.3, 0.4) is 0 Å². The van der Waals surface area contributed by atoms with Gasteiger partial charge in [-0.25, -0.2) is 0 Å². The topological polar surface area (TPSA) is 44.7 Å². The average Bonchev–Trinajstić information content (AvgIpc) is 2.92. The molecule has 0 saturated heterocycles. The van der Waals surface area contributed by atoms with Gasteiger partial charge in [0.05, 0.1) is 5.60 Å². The van der Waals surface area contributed by atoms with E-state index in [9.17, 15) is 5.11 Å². The van der Waals surface area contributed by atoms with Crippen molar-refractivity contribution in [2.45, 2.75) is 44.2 Å². The molecule has 0 aliphatic heterocycles. The minimum Gasteiger partial charge on any atom is -0.492 e. The second-order valence-corrected chi connectivity index (χ2v) is 6.76. The van der Waals surface area contributed by atoms with Crippen LogP contribution in [0.25, 0.3) is 0 Å². The van der Waals surface area contributed by atoms with Crippen LogP contribution in [0, 0.1) is 0 Å². The van der Waals surface area contributed by atoms with E-state index in [4.69, 9.17) is 4.74 Å². The number of likely N-dealkylation sites (N-methyl/N-ethyl adjacent to an activating group) is 1. The van der Waals surface area contributed by atoms with Gasteiger partial charge in [0.1, 0.15) is 12.4 Å². The Labute approximate surface area is 134 Å². The molecule has 1 aromatic rings. The molecule has 124 valence electrons. The molecule has 0 amide bonds. The maximum atomic E-state index is 10.4. The fourth-order valence-electron chi connectivity index (χ4n) is 2.89. The van der Waals surface area contributed by atoms with E-state index in [1.807, 2.05) is 26.2 Å². The highest BCUT2D eigenvalue weighted by molar-refractivity contribution is 5.30. The van der Waals surface area contributed by atoms with Crippen molar-refractivity contribution in [3.8, 4) is 5.75 Å². The summed E-state index contributed by atoms with van der Waals surface area (Å²) in [5.74, 6) is 0.910. The van der Waals surface area contributed by atoms with Gasteiger partial charge in [0.2, 0.25) is 0 Å². The van der Waals surface area contributed by atoms with E-state index in [1.54, 1.807) is 0 Å². The van der Waals surface area contributed by atoms with Crippen LogP contribution in [-0.2, 0) is 0 Å². The highest BCUT2D eigenvalue weighted by Gasteiger charge is 2.31. The van der Waals surface area contributed by atoms with Crippen LogP contribution in [0.4, 0.5) is 0 Å². The number of nitrogens with zero attached hydrogens (tertiary/aromatic N) is 1. The monoisotopic (exact) mass is 306 g/mol. The van der Waals surface area contributed by atoms with Crippen LogP contribution >= 0.6 is 0 Å². The van der Waals surface area contributed by atoms with Crippen LogP contribution in [0.15, 0.2) is 24.3 Å². The van der Waals surface area contributed by atoms with Crippen molar-refractivity contribution in [2.24, 2.45) is 0 Å². The first kappa shape index (κ1) is 17.3. The zero-order chi connectivity index (χ0) is 16.0. The van der Waals surface area contributed by atoms with Crippen LogP contribution in [0.5, 0.6) is 5.75 Å². The van der Waals surface area contributed by atoms with Gasteiger partial charge >= 0.3 is 0 Å². The molecular formula is C18H30N2O2. The standard InChI is InChI=1S/C18H30N2O2/c1-15(19-14-18(21)9-4-5-10-18)16-7-6-8-17(13-16)22-12-11-20(2)3/h6-8,13,15,19,21H,4-5,9-12,14H2,1-3H3. The number of nitrogens with one attached hydrogen (secondary N) is 1. The molecule has 0 radical (unpaired) electrons. The molecule has 1 aromatic carbocycles. The molecule has 0 aromatic heterocycles. The summed E-state index contributed by atoms with van der Waals surface area (Å²) in [6, 6.07) is 8.43. The SMILES string of the molecule is CC(NCC1(O)CCCC1)c1cccc(OCCN(C)C)c1. The lowest BCUT2D eigenvalue weighted by molar-refractivity contribution is 0.0453. The van der Waals surface area contributed by atoms with Crippen molar-refractivity contribution in [2.75, 3.05) is 33.8 Å². The summed E-state index contributed by atoms with van der Waals surface area (Å²) in [5, 5.41) is 13.9. The summed E-state index contributed by atoms with van der Waals surface area (Å²) in [5.41, 5.74) is 0.692. The van der Waals surface area contributed by atoms with E-state index in [2.05, 4.69) is 29.3 Å². The lowest BCUT2D eigenvalue weighted by Gasteiger charge is -2.25. The molecule has 22 heavy (non-hydrogen) atoms. The third kappa shape index (κ3) is 5.27. The molecule has 2 rings (SSSR count). The number of ether oxygens (including phenoxy) is 1. The normalized spacial score (nSPS) is 18.6. The first-order valence-electron chi connectivity index (χ1n) is 8.32. The predicted molar refractivity (Wildman–Crippen MR) is 90.3 cm³/mol. The molecule has 0 bridgehead atoms. The maximum absolute atomic E-state index is 10.4. The second-order valence-electron chi connectivity index (χ2n) is 6.76. The largest absolute Gasteiger partial charge is 0.492 e. The van der Waals surface area contributed by atoms with E-state index < -0.39 is 5.60 Å². The van der Waals surface area contributed by atoms with Crippen LogP contribution in [0.2, 0.25) is 0 Å². The number of hydrogen-bond acceptors (Lipinski definition) is 4. The van der Waals surface area contributed by atoms with Crippen LogP contribution in [-0.4, -0.2) is 49.4 Å². The van der Waals surface area contributed by atoms with E-state index in [-0.39, 0.29) is 6.04 Å². The first-order chi connectivity index (χ1) is 10.5.